The molecule has 0 aliphatic rings. The maximum atomic E-state index is 6.25. The van der Waals surface area contributed by atoms with Crippen LogP contribution in [0.3, 0.4) is 0 Å². The van der Waals surface area contributed by atoms with Gasteiger partial charge in [0.1, 0.15) is 0 Å². The first-order valence-corrected chi connectivity index (χ1v) is 8.86. The lowest BCUT2D eigenvalue weighted by Gasteiger charge is -2.36. The standard InChI is InChI=1S/C13H30O3Si/c1-7-11-12-17(14-9-3,15-10-4)16-13(5,6)8-2/h7-12H2,1-6H3. The summed E-state index contributed by atoms with van der Waals surface area (Å²) in [4.78, 5) is 0. The predicted octanol–water partition coefficient (Wildman–Crippen LogP) is 4.00. The van der Waals surface area contributed by atoms with Crippen LogP contribution in [-0.4, -0.2) is 27.6 Å². The van der Waals surface area contributed by atoms with Crippen molar-refractivity contribution in [1.82, 2.24) is 0 Å². The van der Waals surface area contributed by atoms with E-state index in [-0.39, 0.29) is 5.60 Å². The molecule has 0 fully saturated rings. The van der Waals surface area contributed by atoms with E-state index < -0.39 is 8.80 Å². The summed E-state index contributed by atoms with van der Waals surface area (Å²) in [5.41, 5.74) is -0.162. The molecule has 0 atom stereocenters. The molecule has 0 aliphatic heterocycles. The molecule has 0 N–H and O–H groups in total. The summed E-state index contributed by atoms with van der Waals surface area (Å²) in [6, 6.07) is 0.925. The average Bonchev–Trinajstić information content (AvgIpc) is 2.27. The van der Waals surface area contributed by atoms with Crippen LogP contribution >= 0.6 is 0 Å². The smallest absolute Gasteiger partial charge is 0.374 e. The fourth-order valence-corrected chi connectivity index (χ4v) is 4.87. The molecule has 0 aliphatic carbocycles. The molecule has 0 unspecified atom stereocenters. The van der Waals surface area contributed by atoms with Gasteiger partial charge in [0.15, 0.2) is 0 Å². The third-order valence-corrected chi connectivity index (χ3v) is 6.13. The van der Waals surface area contributed by atoms with E-state index in [1.165, 1.54) is 0 Å². The minimum absolute atomic E-state index is 0.162. The lowest BCUT2D eigenvalue weighted by Crippen LogP contribution is -2.51. The van der Waals surface area contributed by atoms with Gasteiger partial charge < -0.3 is 13.3 Å². The van der Waals surface area contributed by atoms with Gasteiger partial charge in [-0.1, -0.05) is 20.3 Å². The first-order valence-electron chi connectivity index (χ1n) is 6.93. The molecule has 17 heavy (non-hydrogen) atoms. The molecule has 0 saturated carbocycles. The highest BCUT2D eigenvalue weighted by Crippen LogP contribution is 2.27. The van der Waals surface area contributed by atoms with Crippen LogP contribution in [0.5, 0.6) is 0 Å². The van der Waals surface area contributed by atoms with Crippen molar-refractivity contribution in [1.29, 1.82) is 0 Å². The number of unbranched alkanes of at least 4 members (excludes halogenated alkanes) is 1. The molecule has 0 radical (unpaired) electrons. The van der Waals surface area contributed by atoms with E-state index in [9.17, 15) is 0 Å². The van der Waals surface area contributed by atoms with Crippen LogP contribution in [-0.2, 0) is 13.3 Å². The van der Waals surface area contributed by atoms with Crippen molar-refractivity contribution in [2.45, 2.75) is 72.5 Å². The molecule has 0 amide bonds. The second-order valence-electron chi connectivity index (χ2n) is 4.87. The SMILES string of the molecule is CCCC[Si](OCC)(OCC)OC(C)(C)CC. The minimum atomic E-state index is -2.47. The van der Waals surface area contributed by atoms with Crippen molar-refractivity contribution < 1.29 is 13.3 Å². The number of hydrogen-bond donors (Lipinski definition) is 0. The fourth-order valence-electron chi connectivity index (χ4n) is 1.62. The highest BCUT2D eigenvalue weighted by atomic mass is 28.4. The van der Waals surface area contributed by atoms with Gasteiger partial charge in [-0.05, 0) is 40.5 Å². The van der Waals surface area contributed by atoms with Crippen LogP contribution in [0.15, 0.2) is 0 Å². The molecule has 104 valence electrons. The topological polar surface area (TPSA) is 27.7 Å². The van der Waals surface area contributed by atoms with E-state index in [2.05, 4.69) is 27.7 Å². The number of rotatable bonds is 10. The monoisotopic (exact) mass is 262 g/mol. The molecule has 0 aromatic heterocycles. The average molecular weight is 262 g/mol. The first kappa shape index (κ1) is 17.1. The van der Waals surface area contributed by atoms with Crippen LogP contribution in [0.4, 0.5) is 0 Å². The molecule has 4 heteroatoms. The molecule has 0 spiro atoms. The van der Waals surface area contributed by atoms with E-state index in [0.29, 0.717) is 13.2 Å². The number of hydrogen-bond acceptors (Lipinski definition) is 3. The Labute approximate surface area is 108 Å². The van der Waals surface area contributed by atoms with Crippen molar-refractivity contribution in [3.8, 4) is 0 Å². The molecule has 0 aromatic rings. The fraction of sp³-hybridized carbons (Fsp3) is 1.00. The molecule has 0 aromatic carbocycles. The van der Waals surface area contributed by atoms with Gasteiger partial charge in [0.2, 0.25) is 0 Å². The zero-order valence-corrected chi connectivity index (χ0v) is 13.5. The first-order chi connectivity index (χ1) is 7.95. The van der Waals surface area contributed by atoms with Crippen molar-refractivity contribution in [2.75, 3.05) is 13.2 Å². The highest BCUT2D eigenvalue weighted by Gasteiger charge is 2.44. The third-order valence-electron chi connectivity index (χ3n) is 2.85. The normalized spacial score (nSPS) is 13.1. The second kappa shape index (κ2) is 8.24. The van der Waals surface area contributed by atoms with Gasteiger partial charge >= 0.3 is 8.80 Å². The highest BCUT2D eigenvalue weighted by molar-refractivity contribution is 6.60. The zero-order valence-electron chi connectivity index (χ0n) is 12.5. The van der Waals surface area contributed by atoms with Gasteiger partial charge in [0.25, 0.3) is 0 Å². The van der Waals surface area contributed by atoms with Crippen LogP contribution < -0.4 is 0 Å². The van der Waals surface area contributed by atoms with Crippen LogP contribution in [0, 0.1) is 0 Å². The Bertz CT molecular complexity index is 189. The summed E-state index contributed by atoms with van der Waals surface area (Å²) in [7, 11) is -2.47. The van der Waals surface area contributed by atoms with Gasteiger partial charge in [0.05, 0.1) is 5.60 Å². The van der Waals surface area contributed by atoms with Gasteiger partial charge in [0, 0.05) is 19.3 Å². The van der Waals surface area contributed by atoms with Crippen LogP contribution in [0.1, 0.15) is 60.8 Å². The van der Waals surface area contributed by atoms with Gasteiger partial charge in [-0.15, -0.1) is 0 Å². The lowest BCUT2D eigenvalue weighted by molar-refractivity contribution is -0.0123. The molecular formula is C13H30O3Si. The summed E-state index contributed by atoms with van der Waals surface area (Å²) >= 11 is 0. The van der Waals surface area contributed by atoms with Crippen LogP contribution in [0.2, 0.25) is 6.04 Å². The quantitative estimate of drug-likeness (QED) is 0.557. The maximum Gasteiger partial charge on any atom is 0.501 e. The molecule has 0 heterocycles. The largest absolute Gasteiger partial charge is 0.501 e. The predicted molar refractivity (Wildman–Crippen MR) is 74.2 cm³/mol. The summed E-state index contributed by atoms with van der Waals surface area (Å²) in [6.45, 7) is 13.9. The van der Waals surface area contributed by atoms with Gasteiger partial charge in [-0.3, -0.25) is 0 Å². The summed E-state index contributed by atoms with van der Waals surface area (Å²) < 4.78 is 18.1. The Balaban J connectivity index is 4.74. The Kier molecular flexibility index (Phi) is 8.29. The van der Waals surface area contributed by atoms with Crippen molar-refractivity contribution in [3.63, 3.8) is 0 Å². The Morgan fingerprint density at radius 1 is 0.941 bits per heavy atom. The van der Waals surface area contributed by atoms with Crippen molar-refractivity contribution >= 4 is 8.80 Å². The second-order valence-corrected chi connectivity index (χ2v) is 7.52. The lowest BCUT2D eigenvalue weighted by atomic mass is 10.1. The zero-order chi connectivity index (χ0) is 13.4. The Morgan fingerprint density at radius 3 is 1.82 bits per heavy atom. The van der Waals surface area contributed by atoms with E-state index in [0.717, 1.165) is 25.3 Å². The van der Waals surface area contributed by atoms with Crippen LogP contribution in [0.25, 0.3) is 0 Å². The summed E-state index contributed by atoms with van der Waals surface area (Å²) in [5.74, 6) is 0. The van der Waals surface area contributed by atoms with E-state index in [4.69, 9.17) is 13.3 Å². The molecule has 0 rings (SSSR count). The summed E-state index contributed by atoms with van der Waals surface area (Å²) in [5, 5.41) is 0. The van der Waals surface area contributed by atoms with E-state index in [1.807, 2.05) is 13.8 Å². The van der Waals surface area contributed by atoms with E-state index >= 15 is 0 Å². The minimum Gasteiger partial charge on any atom is -0.374 e. The molecule has 0 bridgehead atoms. The molecule has 3 nitrogen and oxygen atoms in total. The van der Waals surface area contributed by atoms with Crippen molar-refractivity contribution in [2.24, 2.45) is 0 Å². The van der Waals surface area contributed by atoms with Gasteiger partial charge in [-0.25, -0.2) is 0 Å². The van der Waals surface area contributed by atoms with Gasteiger partial charge in [-0.2, -0.15) is 0 Å². The molecular weight excluding hydrogens is 232 g/mol. The van der Waals surface area contributed by atoms with Crippen molar-refractivity contribution in [3.05, 3.63) is 0 Å². The Hall–Kier alpha value is 0.0969. The molecule has 0 saturated heterocycles. The third kappa shape index (κ3) is 6.55. The maximum absolute atomic E-state index is 6.25. The van der Waals surface area contributed by atoms with E-state index in [1.54, 1.807) is 0 Å². The Morgan fingerprint density at radius 2 is 1.47 bits per heavy atom. The summed E-state index contributed by atoms with van der Waals surface area (Å²) in [6.07, 6.45) is 3.21.